The average Bonchev–Trinajstić information content (AvgIpc) is 2.37. The molecule has 0 aliphatic heterocycles. The van der Waals surface area contributed by atoms with Crippen molar-refractivity contribution in [3.63, 3.8) is 0 Å². The van der Waals surface area contributed by atoms with E-state index in [1.54, 1.807) is 0 Å². The largest absolute Gasteiger partial charge is 0.368 e. The molecule has 0 saturated carbocycles. The second-order valence-corrected chi connectivity index (χ2v) is 5.41. The van der Waals surface area contributed by atoms with Crippen LogP contribution in [0.25, 0.3) is 10.8 Å². The summed E-state index contributed by atoms with van der Waals surface area (Å²) in [5.41, 5.74) is 1.00. The van der Waals surface area contributed by atoms with Crippen molar-refractivity contribution in [3.05, 3.63) is 48.0 Å². The Kier molecular flexibility index (Phi) is 3.72. The lowest BCUT2D eigenvalue weighted by molar-refractivity contribution is -0.0691. The van der Waals surface area contributed by atoms with Crippen LogP contribution in [0.1, 0.15) is 39.7 Å². The molecular weight excluding hydrogens is 220 g/mol. The van der Waals surface area contributed by atoms with Crippen molar-refractivity contribution in [1.29, 1.82) is 0 Å². The number of fused-ring (bicyclic) bond motifs is 1. The zero-order valence-corrected chi connectivity index (χ0v) is 11.7. The van der Waals surface area contributed by atoms with Gasteiger partial charge >= 0.3 is 0 Å². The summed E-state index contributed by atoms with van der Waals surface area (Å²) in [6.45, 7) is 8.57. The van der Waals surface area contributed by atoms with Gasteiger partial charge in [0.25, 0.3) is 0 Å². The van der Waals surface area contributed by atoms with E-state index in [0.29, 0.717) is 0 Å². The first kappa shape index (κ1) is 13.1. The first-order valence-corrected chi connectivity index (χ1v) is 6.70. The van der Waals surface area contributed by atoms with Gasteiger partial charge in [-0.05, 0) is 49.6 Å². The molecule has 1 heteroatoms. The Morgan fingerprint density at radius 1 is 1.06 bits per heavy atom. The van der Waals surface area contributed by atoms with E-state index in [2.05, 4.69) is 70.2 Å². The SMILES string of the molecule is CCC(C)OC(C)(C)c1ccc2ccccc2c1. The number of rotatable bonds is 4. The van der Waals surface area contributed by atoms with Crippen LogP contribution in [0.3, 0.4) is 0 Å². The Balaban J connectivity index is 2.35. The molecule has 2 rings (SSSR count). The molecule has 0 fully saturated rings. The van der Waals surface area contributed by atoms with Crippen molar-refractivity contribution in [1.82, 2.24) is 0 Å². The zero-order chi connectivity index (χ0) is 13.2. The van der Waals surface area contributed by atoms with Crippen LogP contribution in [0.15, 0.2) is 42.5 Å². The van der Waals surface area contributed by atoms with Gasteiger partial charge in [-0.2, -0.15) is 0 Å². The van der Waals surface area contributed by atoms with E-state index in [9.17, 15) is 0 Å². The highest BCUT2D eigenvalue weighted by atomic mass is 16.5. The van der Waals surface area contributed by atoms with Gasteiger partial charge in [-0.3, -0.25) is 0 Å². The third-order valence-electron chi connectivity index (χ3n) is 3.52. The first-order valence-electron chi connectivity index (χ1n) is 6.70. The maximum atomic E-state index is 6.12. The molecule has 0 amide bonds. The molecule has 0 aromatic heterocycles. The molecule has 18 heavy (non-hydrogen) atoms. The summed E-state index contributed by atoms with van der Waals surface area (Å²) in [7, 11) is 0. The molecule has 0 radical (unpaired) electrons. The predicted molar refractivity (Wildman–Crippen MR) is 77.8 cm³/mol. The molecule has 1 atom stereocenters. The fraction of sp³-hybridized carbons (Fsp3) is 0.412. The molecular formula is C17H22O. The normalized spacial score (nSPS) is 13.8. The molecule has 0 aliphatic rings. The third-order valence-corrected chi connectivity index (χ3v) is 3.52. The molecule has 0 bridgehead atoms. The molecule has 0 N–H and O–H groups in total. The van der Waals surface area contributed by atoms with Crippen molar-refractivity contribution >= 4 is 10.8 Å². The van der Waals surface area contributed by atoms with E-state index in [4.69, 9.17) is 4.74 Å². The van der Waals surface area contributed by atoms with Crippen molar-refractivity contribution in [2.75, 3.05) is 0 Å². The lowest BCUT2D eigenvalue weighted by Gasteiger charge is -2.29. The minimum Gasteiger partial charge on any atom is -0.368 e. The Morgan fingerprint density at radius 2 is 1.72 bits per heavy atom. The fourth-order valence-corrected chi connectivity index (χ4v) is 2.22. The molecule has 0 aliphatic carbocycles. The van der Waals surface area contributed by atoms with Gasteiger partial charge < -0.3 is 4.74 Å². The van der Waals surface area contributed by atoms with Gasteiger partial charge in [0.2, 0.25) is 0 Å². The van der Waals surface area contributed by atoms with Crippen molar-refractivity contribution in [2.45, 2.75) is 45.8 Å². The van der Waals surface area contributed by atoms with E-state index >= 15 is 0 Å². The summed E-state index contributed by atoms with van der Waals surface area (Å²) in [4.78, 5) is 0. The third kappa shape index (κ3) is 2.73. The second kappa shape index (κ2) is 5.11. The van der Waals surface area contributed by atoms with Crippen LogP contribution in [-0.2, 0) is 10.3 Å². The summed E-state index contributed by atoms with van der Waals surface area (Å²) < 4.78 is 6.12. The van der Waals surface area contributed by atoms with Crippen LogP contribution < -0.4 is 0 Å². The summed E-state index contributed by atoms with van der Waals surface area (Å²) >= 11 is 0. The quantitative estimate of drug-likeness (QED) is 0.741. The molecule has 1 nitrogen and oxygen atoms in total. The van der Waals surface area contributed by atoms with Gasteiger partial charge in [-0.1, -0.05) is 43.3 Å². The molecule has 0 saturated heterocycles. The molecule has 0 heterocycles. The standard InChI is InChI=1S/C17H22O/c1-5-13(2)18-17(3,4)16-11-10-14-8-6-7-9-15(14)12-16/h6-13H,5H2,1-4H3. The molecule has 2 aromatic rings. The van der Waals surface area contributed by atoms with Gasteiger partial charge in [0, 0.05) is 0 Å². The van der Waals surface area contributed by atoms with Crippen LogP contribution in [0.2, 0.25) is 0 Å². The minimum absolute atomic E-state index is 0.237. The smallest absolute Gasteiger partial charge is 0.0879 e. The predicted octanol–water partition coefficient (Wildman–Crippen LogP) is 4.89. The molecule has 1 unspecified atom stereocenters. The van der Waals surface area contributed by atoms with Gasteiger partial charge in [-0.15, -0.1) is 0 Å². The number of hydrogen-bond acceptors (Lipinski definition) is 1. The van der Waals surface area contributed by atoms with Gasteiger partial charge in [0.1, 0.15) is 0 Å². The van der Waals surface area contributed by atoms with Crippen LogP contribution in [-0.4, -0.2) is 6.10 Å². The van der Waals surface area contributed by atoms with Crippen molar-refractivity contribution < 1.29 is 4.74 Å². The number of hydrogen-bond donors (Lipinski definition) is 0. The average molecular weight is 242 g/mol. The Hall–Kier alpha value is -1.34. The summed E-state index contributed by atoms with van der Waals surface area (Å²) in [5.74, 6) is 0. The molecule has 96 valence electrons. The summed E-state index contributed by atoms with van der Waals surface area (Å²) in [5, 5.41) is 2.55. The van der Waals surface area contributed by atoms with Crippen molar-refractivity contribution in [2.24, 2.45) is 0 Å². The van der Waals surface area contributed by atoms with E-state index in [-0.39, 0.29) is 11.7 Å². The highest BCUT2D eigenvalue weighted by Crippen LogP contribution is 2.29. The van der Waals surface area contributed by atoms with E-state index < -0.39 is 0 Å². The van der Waals surface area contributed by atoms with Gasteiger partial charge in [-0.25, -0.2) is 0 Å². The van der Waals surface area contributed by atoms with Crippen LogP contribution in [0.4, 0.5) is 0 Å². The molecule has 0 spiro atoms. The monoisotopic (exact) mass is 242 g/mol. The maximum absolute atomic E-state index is 6.12. The van der Waals surface area contributed by atoms with Crippen molar-refractivity contribution in [3.8, 4) is 0 Å². The first-order chi connectivity index (χ1) is 8.53. The zero-order valence-electron chi connectivity index (χ0n) is 11.7. The van der Waals surface area contributed by atoms with E-state index in [0.717, 1.165) is 6.42 Å². The van der Waals surface area contributed by atoms with Gasteiger partial charge in [0.05, 0.1) is 11.7 Å². The highest BCUT2D eigenvalue weighted by molar-refractivity contribution is 5.83. The van der Waals surface area contributed by atoms with Crippen LogP contribution in [0, 0.1) is 0 Å². The second-order valence-electron chi connectivity index (χ2n) is 5.41. The Bertz CT molecular complexity index is 528. The highest BCUT2D eigenvalue weighted by Gasteiger charge is 2.23. The molecule has 2 aromatic carbocycles. The maximum Gasteiger partial charge on any atom is 0.0879 e. The van der Waals surface area contributed by atoms with Gasteiger partial charge in [0.15, 0.2) is 0 Å². The van der Waals surface area contributed by atoms with Crippen LogP contribution >= 0.6 is 0 Å². The number of benzene rings is 2. The topological polar surface area (TPSA) is 9.23 Å². The minimum atomic E-state index is -0.237. The van der Waals surface area contributed by atoms with E-state index in [1.165, 1.54) is 16.3 Å². The van der Waals surface area contributed by atoms with E-state index in [1.807, 2.05) is 0 Å². The fourth-order valence-electron chi connectivity index (χ4n) is 2.22. The number of ether oxygens (including phenoxy) is 1. The summed E-state index contributed by atoms with van der Waals surface area (Å²) in [6, 6.07) is 15.0. The van der Waals surface area contributed by atoms with Crippen LogP contribution in [0.5, 0.6) is 0 Å². The Labute approximate surface area is 110 Å². The lowest BCUT2D eigenvalue weighted by atomic mass is 9.95. The Morgan fingerprint density at radius 3 is 2.39 bits per heavy atom. The summed E-state index contributed by atoms with van der Waals surface area (Å²) in [6.07, 6.45) is 1.32. The lowest BCUT2D eigenvalue weighted by Crippen LogP contribution is -2.26.